The average molecular weight is 569 g/mol. The number of aliphatic hydroxyl groups is 2. The van der Waals surface area contributed by atoms with Gasteiger partial charge in [-0.15, -0.1) is 0 Å². The topological polar surface area (TPSA) is 130 Å². The largest absolute Gasteiger partial charge is 0.493 e. The number of ether oxygens (including phenoxy) is 6. The Kier molecular flexibility index (Phi) is 11.3. The molecular weight excluding hydrogens is 528 g/mol. The number of rotatable bonds is 15. The fourth-order valence-electron chi connectivity index (χ4n) is 4.56. The molecule has 11 heteroatoms. The molecule has 2 aromatic rings. The summed E-state index contributed by atoms with van der Waals surface area (Å²) >= 11 is 0. The Morgan fingerprint density at radius 2 is 1.62 bits per heavy atom. The first-order valence-corrected chi connectivity index (χ1v) is 14.7. The summed E-state index contributed by atoms with van der Waals surface area (Å²) in [6.45, 7) is 3.58. The quantitative estimate of drug-likeness (QED) is 0.304. The number of sulfone groups is 1. The predicted molar refractivity (Wildman–Crippen MR) is 144 cm³/mol. The summed E-state index contributed by atoms with van der Waals surface area (Å²) in [5.74, 6) is 1.18. The van der Waals surface area contributed by atoms with Crippen LogP contribution in [-0.4, -0.2) is 71.3 Å². The number of aliphatic hydroxyl groups excluding tert-OH is 2. The van der Waals surface area contributed by atoms with Gasteiger partial charge >= 0.3 is 0 Å². The Morgan fingerprint density at radius 1 is 0.974 bits per heavy atom. The van der Waals surface area contributed by atoms with Crippen LogP contribution in [0.3, 0.4) is 0 Å². The van der Waals surface area contributed by atoms with Gasteiger partial charge in [-0.1, -0.05) is 13.0 Å². The summed E-state index contributed by atoms with van der Waals surface area (Å²) in [5, 5.41) is 19.3. The van der Waals surface area contributed by atoms with Crippen molar-refractivity contribution in [3.8, 4) is 23.0 Å². The molecule has 0 unspecified atom stereocenters. The minimum atomic E-state index is -3.91. The third-order valence-electron chi connectivity index (χ3n) is 6.34. The van der Waals surface area contributed by atoms with Crippen molar-refractivity contribution in [1.29, 1.82) is 0 Å². The van der Waals surface area contributed by atoms with Gasteiger partial charge in [-0.3, -0.25) is 0 Å². The van der Waals surface area contributed by atoms with Gasteiger partial charge in [0, 0.05) is 13.0 Å². The van der Waals surface area contributed by atoms with Gasteiger partial charge in [0.25, 0.3) is 0 Å². The molecule has 0 radical (unpaired) electrons. The van der Waals surface area contributed by atoms with Crippen LogP contribution in [0.5, 0.6) is 23.0 Å². The molecule has 2 aromatic carbocycles. The molecule has 0 spiro atoms. The summed E-state index contributed by atoms with van der Waals surface area (Å²) in [4.78, 5) is -0.0521. The van der Waals surface area contributed by atoms with Crippen molar-refractivity contribution in [2.45, 2.75) is 69.0 Å². The van der Waals surface area contributed by atoms with Crippen LogP contribution < -0.4 is 18.9 Å². The van der Waals surface area contributed by atoms with Crippen LogP contribution in [-0.2, 0) is 19.3 Å². The van der Waals surface area contributed by atoms with E-state index >= 15 is 0 Å². The molecule has 0 aromatic heterocycles. The fraction of sp³-hybridized carbons (Fsp3) is 0.571. The summed E-state index contributed by atoms with van der Waals surface area (Å²) in [5.41, 5.74) is 1.53. The average Bonchev–Trinajstić information content (AvgIpc) is 3.40. The van der Waals surface area contributed by atoms with Crippen LogP contribution >= 0.6 is 0 Å². The van der Waals surface area contributed by atoms with Crippen molar-refractivity contribution in [1.82, 2.24) is 0 Å². The highest BCUT2D eigenvalue weighted by atomic mass is 32.2. The second kappa shape index (κ2) is 14.2. The van der Waals surface area contributed by atoms with E-state index in [9.17, 15) is 18.6 Å². The Bertz CT molecular complexity index is 1160. The van der Waals surface area contributed by atoms with Crippen molar-refractivity contribution in [3.63, 3.8) is 0 Å². The van der Waals surface area contributed by atoms with Gasteiger partial charge in [-0.2, -0.15) is 0 Å². The van der Waals surface area contributed by atoms with Crippen molar-refractivity contribution in [3.05, 3.63) is 41.5 Å². The maximum atomic E-state index is 13.3. The maximum Gasteiger partial charge on any atom is 0.203 e. The molecule has 1 saturated heterocycles. The van der Waals surface area contributed by atoms with E-state index in [4.69, 9.17) is 28.4 Å². The number of benzene rings is 2. The Hall–Kier alpha value is -2.57. The Labute approximate surface area is 230 Å². The van der Waals surface area contributed by atoms with Crippen LogP contribution in [0.1, 0.15) is 62.9 Å². The van der Waals surface area contributed by atoms with E-state index in [1.54, 1.807) is 39.5 Å². The first-order valence-electron chi connectivity index (χ1n) is 13.1. The van der Waals surface area contributed by atoms with Gasteiger partial charge in [0.1, 0.15) is 10.6 Å². The monoisotopic (exact) mass is 568 g/mol. The van der Waals surface area contributed by atoms with Crippen LogP contribution in [0, 0.1) is 0 Å². The zero-order valence-electron chi connectivity index (χ0n) is 23.2. The van der Waals surface area contributed by atoms with E-state index < -0.39 is 28.0 Å². The minimum Gasteiger partial charge on any atom is -0.493 e. The predicted octanol–water partition coefficient (Wildman–Crippen LogP) is 3.97. The SMILES string of the molecule is CCCO[C@H](CCO)Oc1ccc([C@@H]2CC[C@@H](c3cc(OC)c(OC)c(OC)c3)O2)cc1S(=O)(=O)C[C@H](C)O. The number of hydrogen-bond donors (Lipinski definition) is 2. The molecule has 1 aliphatic rings. The van der Waals surface area contributed by atoms with Crippen LogP contribution in [0.4, 0.5) is 0 Å². The van der Waals surface area contributed by atoms with Crippen molar-refractivity contribution in [2.75, 3.05) is 40.3 Å². The van der Waals surface area contributed by atoms with Gasteiger partial charge in [0.05, 0.1) is 52.0 Å². The number of methoxy groups -OCH3 is 3. The van der Waals surface area contributed by atoms with Crippen LogP contribution in [0.2, 0.25) is 0 Å². The van der Waals surface area contributed by atoms with Crippen LogP contribution in [0.15, 0.2) is 35.2 Å². The van der Waals surface area contributed by atoms with Crippen molar-refractivity contribution in [2.24, 2.45) is 0 Å². The maximum absolute atomic E-state index is 13.3. The fourth-order valence-corrected chi connectivity index (χ4v) is 6.11. The molecule has 1 aliphatic heterocycles. The van der Waals surface area contributed by atoms with Crippen molar-refractivity contribution < 1.29 is 47.1 Å². The van der Waals surface area contributed by atoms with E-state index in [-0.39, 0.29) is 35.9 Å². The first kappa shape index (κ1) is 31.0. The summed E-state index contributed by atoms with van der Waals surface area (Å²) < 4.78 is 60.8. The van der Waals surface area contributed by atoms with Gasteiger partial charge in [-0.25, -0.2) is 8.42 Å². The second-order valence-electron chi connectivity index (χ2n) is 9.42. The lowest BCUT2D eigenvalue weighted by atomic mass is 10.0. The third kappa shape index (κ3) is 7.76. The zero-order chi connectivity index (χ0) is 28.6. The van der Waals surface area contributed by atoms with Gasteiger partial charge in [0.2, 0.25) is 12.0 Å². The molecule has 0 aliphatic carbocycles. The van der Waals surface area contributed by atoms with Crippen molar-refractivity contribution >= 4 is 9.84 Å². The highest BCUT2D eigenvalue weighted by Gasteiger charge is 2.32. The summed E-state index contributed by atoms with van der Waals surface area (Å²) in [7, 11) is 0.736. The lowest BCUT2D eigenvalue weighted by Crippen LogP contribution is -2.25. The highest BCUT2D eigenvalue weighted by Crippen LogP contribution is 2.46. The van der Waals surface area contributed by atoms with E-state index in [1.165, 1.54) is 6.92 Å². The molecule has 39 heavy (non-hydrogen) atoms. The minimum absolute atomic E-state index is 0.0521. The van der Waals surface area contributed by atoms with E-state index in [1.807, 2.05) is 19.1 Å². The molecular formula is C28H40O10S. The van der Waals surface area contributed by atoms with Gasteiger partial charge in [0.15, 0.2) is 21.3 Å². The summed E-state index contributed by atoms with van der Waals surface area (Å²) in [6, 6.07) is 8.60. The first-order chi connectivity index (χ1) is 18.7. The molecule has 0 bridgehead atoms. The van der Waals surface area contributed by atoms with Crippen LogP contribution in [0.25, 0.3) is 0 Å². The standard InChI is InChI=1S/C28H40O10S/c1-6-13-36-27(11-12-29)38-23-8-7-19(16-26(23)39(31,32)17-18(2)30)21-9-10-22(37-21)20-14-24(33-3)28(35-5)25(15-20)34-4/h7-8,14-16,18,21-22,27,29-30H,6,9-13,17H2,1-5H3/t18-,21-,22-,27-/m0/s1. The molecule has 4 atom stereocenters. The molecule has 3 rings (SSSR count). The molecule has 0 saturated carbocycles. The molecule has 1 heterocycles. The van der Waals surface area contributed by atoms with Gasteiger partial charge in [-0.05, 0) is 61.6 Å². The third-order valence-corrected chi connectivity index (χ3v) is 8.26. The van der Waals surface area contributed by atoms with E-state index in [0.717, 1.165) is 12.0 Å². The van der Waals surface area contributed by atoms with Gasteiger partial charge < -0.3 is 38.6 Å². The molecule has 1 fully saturated rings. The molecule has 218 valence electrons. The second-order valence-corrected chi connectivity index (χ2v) is 11.4. The smallest absolute Gasteiger partial charge is 0.203 e. The summed E-state index contributed by atoms with van der Waals surface area (Å²) in [6.07, 6.45) is -0.243. The molecule has 2 N–H and O–H groups in total. The Morgan fingerprint density at radius 3 is 2.15 bits per heavy atom. The lowest BCUT2D eigenvalue weighted by Gasteiger charge is -2.22. The van der Waals surface area contributed by atoms with E-state index in [0.29, 0.717) is 42.3 Å². The lowest BCUT2D eigenvalue weighted by molar-refractivity contribution is -0.0916. The normalized spacial score (nSPS) is 18.9. The number of hydrogen-bond acceptors (Lipinski definition) is 10. The molecule has 0 amide bonds. The Balaban J connectivity index is 1.92. The zero-order valence-corrected chi connectivity index (χ0v) is 24.0. The molecule has 10 nitrogen and oxygen atoms in total. The van der Waals surface area contributed by atoms with E-state index in [2.05, 4.69) is 0 Å². The highest BCUT2D eigenvalue weighted by molar-refractivity contribution is 7.91.